The first-order valence-corrected chi connectivity index (χ1v) is 6.85. The Kier molecular flexibility index (Phi) is 3.99. The zero-order chi connectivity index (χ0) is 14.2. The number of likely N-dealkylation sites (tertiary alicyclic amines) is 2. The molecule has 6 nitrogen and oxygen atoms in total. The molecule has 2 N–H and O–H groups in total. The van der Waals surface area contributed by atoms with Crippen molar-refractivity contribution in [3.05, 3.63) is 0 Å². The Morgan fingerprint density at radius 2 is 1.68 bits per heavy atom. The van der Waals surface area contributed by atoms with E-state index in [1.807, 2.05) is 13.8 Å². The lowest BCUT2D eigenvalue weighted by Crippen LogP contribution is -2.50. The largest absolute Gasteiger partial charge is 0.481 e. The van der Waals surface area contributed by atoms with E-state index in [0.29, 0.717) is 32.6 Å². The molecule has 2 saturated heterocycles. The summed E-state index contributed by atoms with van der Waals surface area (Å²) in [6.45, 7) is 5.69. The first kappa shape index (κ1) is 14.1. The van der Waals surface area contributed by atoms with E-state index in [4.69, 9.17) is 5.11 Å². The zero-order valence-electron chi connectivity index (χ0n) is 11.5. The SMILES string of the molecule is CC1CN(C(=O)N2C[C@@H](C)[C@H](C(=O)O)C2)CCC1O. The minimum atomic E-state index is -0.828. The highest BCUT2D eigenvalue weighted by Gasteiger charge is 2.39. The molecule has 2 amide bonds. The van der Waals surface area contributed by atoms with Crippen molar-refractivity contribution >= 4 is 12.0 Å². The lowest BCUT2D eigenvalue weighted by atomic mass is 9.97. The van der Waals surface area contributed by atoms with Gasteiger partial charge >= 0.3 is 12.0 Å². The summed E-state index contributed by atoms with van der Waals surface area (Å²) in [6, 6.07) is -0.0886. The molecule has 0 spiro atoms. The Labute approximate surface area is 113 Å². The number of carbonyl (C=O) groups is 2. The molecule has 0 bridgehead atoms. The minimum absolute atomic E-state index is 0.00532. The van der Waals surface area contributed by atoms with Crippen LogP contribution in [0.5, 0.6) is 0 Å². The summed E-state index contributed by atoms with van der Waals surface area (Å²) in [7, 11) is 0. The Morgan fingerprint density at radius 1 is 1.05 bits per heavy atom. The van der Waals surface area contributed by atoms with E-state index in [2.05, 4.69) is 0 Å². The molecule has 108 valence electrons. The molecule has 6 heteroatoms. The quantitative estimate of drug-likeness (QED) is 0.725. The van der Waals surface area contributed by atoms with Gasteiger partial charge in [0.1, 0.15) is 0 Å². The Hall–Kier alpha value is -1.30. The normalized spacial score (nSPS) is 35.5. The lowest BCUT2D eigenvalue weighted by molar-refractivity contribution is -0.142. The van der Waals surface area contributed by atoms with Crippen LogP contribution in [0.3, 0.4) is 0 Å². The van der Waals surface area contributed by atoms with Gasteiger partial charge in [0.15, 0.2) is 0 Å². The monoisotopic (exact) mass is 270 g/mol. The van der Waals surface area contributed by atoms with Gasteiger partial charge in [-0.05, 0) is 18.3 Å². The molecule has 0 aromatic carbocycles. The maximum atomic E-state index is 12.3. The van der Waals surface area contributed by atoms with Crippen molar-refractivity contribution in [2.24, 2.45) is 17.8 Å². The van der Waals surface area contributed by atoms with Crippen LogP contribution in [0.1, 0.15) is 20.3 Å². The second-order valence-electron chi connectivity index (χ2n) is 5.89. The van der Waals surface area contributed by atoms with Crippen LogP contribution in [0.2, 0.25) is 0 Å². The Morgan fingerprint density at radius 3 is 2.21 bits per heavy atom. The van der Waals surface area contributed by atoms with Gasteiger partial charge < -0.3 is 20.0 Å². The summed E-state index contributed by atoms with van der Waals surface area (Å²) >= 11 is 0. The number of amides is 2. The molecule has 0 aromatic heterocycles. The minimum Gasteiger partial charge on any atom is -0.481 e. The number of carbonyl (C=O) groups excluding carboxylic acids is 1. The highest BCUT2D eigenvalue weighted by Crippen LogP contribution is 2.25. The van der Waals surface area contributed by atoms with Crippen LogP contribution >= 0.6 is 0 Å². The van der Waals surface area contributed by atoms with Crippen LogP contribution in [0.25, 0.3) is 0 Å². The van der Waals surface area contributed by atoms with E-state index >= 15 is 0 Å². The third-order valence-corrected chi connectivity index (χ3v) is 4.33. The van der Waals surface area contributed by atoms with E-state index in [-0.39, 0.29) is 24.0 Å². The van der Waals surface area contributed by atoms with Crippen LogP contribution in [0.4, 0.5) is 4.79 Å². The fraction of sp³-hybridized carbons (Fsp3) is 0.846. The average molecular weight is 270 g/mol. The number of hydrogen-bond acceptors (Lipinski definition) is 3. The van der Waals surface area contributed by atoms with Crippen molar-refractivity contribution < 1.29 is 19.8 Å². The van der Waals surface area contributed by atoms with Crippen LogP contribution in [-0.4, -0.2) is 64.3 Å². The van der Waals surface area contributed by atoms with Crippen LogP contribution < -0.4 is 0 Å². The fourth-order valence-corrected chi connectivity index (χ4v) is 2.95. The van der Waals surface area contributed by atoms with E-state index in [9.17, 15) is 14.7 Å². The molecule has 2 rings (SSSR count). The highest BCUT2D eigenvalue weighted by atomic mass is 16.4. The molecule has 0 saturated carbocycles. The number of piperidine rings is 1. The second kappa shape index (κ2) is 5.36. The van der Waals surface area contributed by atoms with Gasteiger partial charge in [0, 0.05) is 26.2 Å². The first-order valence-electron chi connectivity index (χ1n) is 6.85. The summed E-state index contributed by atoms with van der Waals surface area (Å²) in [5.41, 5.74) is 0. The molecule has 0 radical (unpaired) electrons. The van der Waals surface area contributed by atoms with Gasteiger partial charge in [0.2, 0.25) is 0 Å². The van der Waals surface area contributed by atoms with Crippen molar-refractivity contribution in [1.82, 2.24) is 9.80 Å². The molecule has 0 aromatic rings. The van der Waals surface area contributed by atoms with E-state index in [0.717, 1.165) is 0 Å². The predicted octanol–water partition coefficient (Wildman–Crippen LogP) is 0.462. The van der Waals surface area contributed by atoms with Gasteiger partial charge in [-0.1, -0.05) is 13.8 Å². The average Bonchev–Trinajstić information content (AvgIpc) is 2.74. The molecule has 2 fully saturated rings. The molecular weight excluding hydrogens is 248 g/mol. The van der Waals surface area contributed by atoms with Crippen molar-refractivity contribution in [1.29, 1.82) is 0 Å². The van der Waals surface area contributed by atoms with E-state index < -0.39 is 11.9 Å². The van der Waals surface area contributed by atoms with Crippen LogP contribution in [0, 0.1) is 17.8 Å². The van der Waals surface area contributed by atoms with Gasteiger partial charge in [-0.15, -0.1) is 0 Å². The first-order chi connectivity index (χ1) is 8.90. The van der Waals surface area contributed by atoms with Crippen molar-refractivity contribution in [3.8, 4) is 0 Å². The number of carboxylic acid groups (broad SMARTS) is 1. The number of nitrogens with zero attached hydrogens (tertiary/aromatic N) is 2. The van der Waals surface area contributed by atoms with Crippen molar-refractivity contribution in [2.45, 2.75) is 26.4 Å². The zero-order valence-corrected chi connectivity index (χ0v) is 11.5. The summed E-state index contributed by atoms with van der Waals surface area (Å²) in [5, 5.41) is 18.8. The third kappa shape index (κ3) is 2.83. The third-order valence-electron chi connectivity index (χ3n) is 4.33. The summed E-state index contributed by atoms with van der Waals surface area (Å²) < 4.78 is 0. The standard InChI is InChI=1S/C13H22N2O4/c1-8-5-15(7-10(8)12(17)18)13(19)14-4-3-11(16)9(2)6-14/h8-11,16H,3-7H2,1-2H3,(H,17,18)/t8-,9?,10-,11?/m1/s1. The summed E-state index contributed by atoms with van der Waals surface area (Å²) in [6.07, 6.45) is 0.256. The smallest absolute Gasteiger partial charge is 0.320 e. The Balaban J connectivity index is 1.96. The van der Waals surface area contributed by atoms with E-state index in [1.165, 1.54) is 0 Å². The fourth-order valence-electron chi connectivity index (χ4n) is 2.95. The highest BCUT2D eigenvalue weighted by molar-refractivity contribution is 5.77. The summed E-state index contributed by atoms with van der Waals surface area (Å²) in [4.78, 5) is 26.8. The topological polar surface area (TPSA) is 81.1 Å². The lowest BCUT2D eigenvalue weighted by Gasteiger charge is -2.36. The molecule has 2 aliphatic heterocycles. The van der Waals surface area contributed by atoms with E-state index in [1.54, 1.807) is 9.80 Å². The van der Waals surface area contributed by atoms with Gasteiger partial charge in [-0.3, -0.25) is 4.79 Å². The number of rotatable bonds is 1. The molecule has 4 atom stereocenters. The number of aliphatic hydroxyl groups excluding tert-OH is 1. The molecule has 0 aliphatic carbocycles. The maximum absolute atomic E-state index is 12.3. The van der Waals surface area contributed by atoms with Crippen molar-refractivity contribution in [3.63, 3.8) is 0 Å². The maximum Gasteiger partial charge on any atom is 0.320 e. The predicted molar refractivity (Wildman–Crippen MR) is 68.6 cm³/mol. The number of carboxylic acids is 1. The van der Waals surface area contributed by atoms with Gasteiger partial charge in [0.25, 0.3) is 0 Å². The Bertz CT molecular complexity index is 374. The molecule has 19 heavy (non-hydrogen) atoms. The molecule has 2 aliphatic rings. The number of hydrogen-bond donors (Lipinski definition) is 2. The number of aliphatic hydroxyl groups is 1. The molecule has 2 heterocycles. The number of aliphatic carboxylic acids is 1. The van der Waals surface area contributed by atoms with Gasteiger partial charge in [-0.2, -0.15) is 0 Å². The number of urea groups is 1. The van der Waals surface area contributed by atoms with Gasteiger partial charge in [-0.25, -0.2) is 4.79 Å². The van der Waals surface area contributed by atoms with Crippen molar-refractivity contribution in [2.75, 3.05) is 26.2 Å². The molecule has 2 unspecified atom stereocenters. The molecular formula is C13H22N2O4. The van der Waals surface area contributed by atoms with Crippen LogP contribution in [-0.2, 0) is 4.79 Å². The summed E-state index contributed by atoms with van der Waals surface area (Å²) in [5.74, 6) is -1.22. The van der Waals surface area contributed by atoms with Crippen LogP contribution in [0.15, 0.2) is 0 Å². The second-order valence-corrected chi connectivity index (χ2v) is 5.89. The van der Waals surface area contributed by atoms with Gasteiger partial charge in [0.05, 0.1) is 12.0 Å².